The van der Waals surface area contributed by atoms with Crippen molar-refractivity contribution in [2.24, 2.45) is 5.92 Å². The Morgan fingerprint density at radius 2 is 2.19 bits per heavy atom. The van der Waals surface area contributed by atoms with Crippen molar-refractivity contribution in [2.45, 2.75) is 32.3 Å². The van der Waals surface area contributed by atoms with E-state index >= 15 is 0 Å². The molecular weight excluding hydrogens is 346 g/mol. The lowest BCUT2D eigenvalue weighted by atomic mass is 9.88. The minimum absolute atomic E-state index is 0.0637. The molecule has 3 heterocycles. The van der Waals surface area contributed by atoms with Crippen molar-refractivity contribution in [1.29, 1.82) is 0 Å². The van der Waals surface area contributed by atoms with Crippen LogP contribution in [0.3, 0.4) is 0 Å². The Morgan fingerprint density at radius 3 is 3.00 bits per heavy atom. The number of aromatic nitrogens is 1. The van der Waals surface area contributed by atoms with Crippen LogP contribution in [0.2, 0.25) is 0 Å². The highest BCUT2D eigenvalue weighted by Gasteiger charge is 2.33. The molecule has 1 fully saturated rings. The summed E-state index contributed by atoms with van der Waals surface area (Å²) in [5.74, 6) is 0.248. The number of amides is 2. The van der Waals surface area contributed by atoms with E-state index in [4.69, 9.17) is 9.47 Å². The lowest BCUT2D eigenvalue weighted by Gasteiger charge is -2.34. The van der Waals surface area contributed by atoms with Gasteiger partial charge in [0.25, 0.3) is 5.91 Å². The van der Waals surface area contributed by atoms with Gasteiger partial charge < -0.3 is 20.1 Å². The Kier molecular flexibility index (Phi) is 4.31. The van der Waals surface area contributed by atoms with Gasteiger partial charge in [0.1, 0.15) is 11.4 Å². The maximum atomic E-state index is 12.6. The summed E-state index contributed by atoms with van der Waals surface area (Å²) in [5, 5.41) is 5.69. The first kappa shape index (κ1) is 17.5. The molecule has 2 aliphatic rings. The molecule has 27 heavy (non-hydrogen) atoms. The van der Waals surface area contributed by atoms with E-state index in [2.05, 4.69) is 15.6 Å². The third kappa shape index (κ3) is 3.64. The number of fused-ring (bicyclic) bond motifs is 2. The van der Waals surface area contributed by atoms with E-state index in [0.29, 0.717) is 48.0 Å². The van der Waals surface area contributed by atoms with E-state index in [1.54, 1.807) is 36.5 Å². The van der Waals surface area contributed by atoms with E-state index in [0.717, 1.165) is 0 Å². The molecule has 7 heteroatoms. The summed E-state index contributed by atoms with van der Waals surface area (Å²) in [6.07, 6.45) is 2.94. The number of rotatable bonds is 2. The van der Waals surface area contributed by atoms with Crippen LogP contribution in [-0.4, -0.2) is 29.0 Å². The second-order valence-corrected chi connectivity index (χ2v) is 7.41. The van der Waals surface area contributed by atoms with Gasteiger partial charge in [-0.2, -0.15) is 0 Å². The van der Waals surface area contributed by atoms with E-state index in [1.165, 1.54) is 0 Å². The van der Waals surface area contributed by atoms with Crippen molar-refractivity contribution in [3.63, 3.8) is 0 Å². The van der Waals surface area contributed by atoms with Crippen molar-refractivity contribution in [2.75, 3.05) is 17.2 Å². The number of nitrogens with zero attached hydrogens (tertiary/aromatic N) is 1. The summed E-state index contributed by atoms with van der Waals surface area (Å²) in [6.45, 7) is 4.54. The molecule has 140 valence electrons. The molecule has 4 rings (SSSR count). The number of carbonyl (C=O) groups excluding carboxylic acids is 2. The van der Waals surface area contributed by atoms with E-state index in [9.17, 15) is 9.59 Å². The topological polar surface area (TPSA) is 89.6 Å². The number of hydrogen-bond acceptors (Lipinski definition) is 5. The van der Waals surface area contributed by atoms with E-state index in [1.807, 2.05) is 13.8 Å². The van der Waals surface area contributed by atoms with Crippen LogP contribution in [0.4, 0.5) is 11.4 Å². The molecule has 2 N–H and O–H groups in total. The van der Waals surface area contributed by atoms with Crippen LogP contribution in [0.1, 0.15) is 37.0 Å². The zero-order chi connectivity index (χ0) is 19.0. The standard InChI is InChI=1S/C20H21N3O4/c1-20(2)11-12(7-9-26-20)17(24)22-13-5-6-16-14(10-13)18(25)23-15-4-3-8-21-19(15)27-16/h3-6,8,10,12H,7,9,11H2,1-2H3,(H,22,24)(H,23,25). The van der Waals surface area contributed by atoms with Gasteiger partial charge in [-0.3, -0.25) is 9.59 Å². The third-order valence-corrected chi connectivity index (χ3v) is 4.79. The molecule has 0 aliphatic carbocycles. The highest BCUT2D eigenvalue weighted by Crippen LogP contribution is 2.35. The summed E-state index contributed by atoms with van der Waals surface area (Å²) in [7, 11) is 0. The number of pyridine rings is 1. The maximum Gasteiger partial charge on any atom is 0.259 e. The SMILES string of the molecule is CC1(C)CC(C(=O)Nc2ccc3c(c2)C(=O)Nc2cccnc2O3)CCO1. The van der Waals surface area contributed by atoms with E-state index < -0.39 is 0 Å². The predicted octanol–water partition coefficient (Wildman–Crippen LogP) is 3.58. The van der Waals surface area contributed by atoms with Crippen molar-refractivity contribution in [1.82, 2.24) is 4.98 Å². The van der Waals surface area contributed by atoms with E-state index in [-0.39, 0.29) is 23.3 Å². The average Bonchev–Trinajstić information content (AvgIpc) is 2.77. The van der Waals surface area contributed by atoms with Gasteiger partial charge in [0, 0.05) is 24.4 Å². The lowest BCUT2D eigenvalue weighted by Crippen LogP contribution is -2.39. The van der Waals surface area contributed by atoms with Crippen LogP contribution in [0.25, 0.3) is 0 Å². The zero-order valence-electron chi connectivity index (χ0n) is 15.2. The first-order valence-corrected chi connectivity index (χ1v) is 8.94. The molecule has 2 amide bonds. The summed E-state index contributed by atoms with van der Waals surface area (Å²) in [6, 6.07) is 8.46. The fourth-order valence-corrected chi connectivity index (χ4v) is 3.44. The monoisotopic (exact) mass is 367 g/mol. The second-order valence-electron chi connectivity index (χ2n) is 7.41. The molecule has 1 unspecified atom stereocenters. The average molecular weight is 367 g/mol. The van der Waals surface area contributed by atoms with Crippen LogP contribution in [-0.2, 0) is 9.53 Å². The van der Waals surface area contributed by atoms with Crippen LogP contribution in [0.15, 0.2) is 36.5 Å². The molecule has 1 atom stereocenters. The van der Waals surface area contributed by atoms with Gasteiger partial charge in [0.2, 0.25) is 11.8 Å². The van der Waals surface area contributed by atoms with Crippen molar-refractivity contribution in [3.05, 3.63) is 42.1 Å². The first-order valence-electron chi connectivity index (χ1n) is 8.94. The minimum Gasteiger partial charge on any atom is -0.436 e. The number of carbonyl (C=O) groups is 2. The van der Waals surface area contributed by atoms with Crippen molar-refractivity contribution >= 4 is 23.2 Å². The maximum absolute atomic E-state index is 12.6. The van der Waals surface area contributed by atoms with Crippen LogP contribution in [0.5, 0.6) is 11.6 Å². The fraction of sp³-hybridized carbons (Fsp3) is 0.350. The Hall–Kier alpha value is -2.93. The van der Waals surface area contributed by atoms with Crippen molar-refractivity contribution in [3.8, 4) is 11.6 Å². The summed E-state index contributed by atoms with van der Waals surface area (Å²) in [4.78, 5) is 29.3. The zero-order valence-corrected chi connectivity index (χ0v) is 15.2. The Labute approximate surface area is 157 Å². The summed E-state index contributed by atoms with van der Waals surface area (Å²) >= 11 is 0. The van der Waals surface area contributed by atoms with Gasteiger partial charge in [0.05, 0.1) is 11.2 Å². The van der Waals surface area contributed by atoms with Crippen molar-refractivity contribution < 1.29 is 19.1 Å². The Balaban J connectivity index is 1.54. The molecule has 2 aliphatic heterocycles. The van der Waals surface area contributed by atoms with Crippen LogP contribution in [0, 0.1) is 5.92 Å². The van der Waals surface area contributed by atoms with Gasteiger partial charge >= 0.3 is 0 Å². The van der Waals surface area contributed by atoms with Crippen LogP contribution >= 0.6 is 0 Å². The molecule has 0 saturated carbocycles. The largest absolute Gasteiger partial charge is 0.436 e. The molecule has 0 radical (unpaired) electrons. The molecule has 0 spiro atoms. The minimum atomic E-state index is -0.306. The summed E-state index contributed by atoms with van der Waals surface area (Å²) in [5.41, 5.74) is 1.10. The normalized spacial score (nSPS) is 20.4. The molecule has 1 aromatic heterocycles. The molecule has 7 nitrogen and oxygen atoms in total. The highest BCUT2D eigenvalue weighted by molar-refractivity contribution is 6.08. The Bertz CT molecular complexity index is 910. The smallest absolute Gasteiger partial charge is 0.259 e. The van der Waals surface area contributed by atoms with Gasteiger partial charge in [0.15, 0.2) is 0 Å². The second kappa shape index (κ2) is 6.66. The summed E-state index contributed by atoms with van der Waals surface area (Å²) < 4.78 is 11.4. The number of ether oxygens (including phenoxy) is 2. The number of hydrogen-bond donors (Lipinski definition) is 2. The molecule has 1 aromatic carbocycles. The fourth-order valence-electron chi connectivity index (χ4n) is 3.44. The number of nitrogens with one attached hydrogen (secondary N) is 2. The first-order chi connectivity index (χ1) is 12.9. The van der Waals surface area contributed by atoms with Gasteiger partial charge in [-0.15, -0.1) is 0 Å². The molecule has 0 bridgehead atoms. The lowest BCUT2D eigenvalue weighted by molar-refractivity contribution is -0.130. The number of benzene rings is 1. The molecular formula is C20H21N3O4. The van der Waals surface area contributed by atoms with Gasteiger partial charge in [-0.25, -0.2) is 4.98 Å². The quantitative estimate of drug-likeness (QED) is 0.847. The van der Waals surface area contributed by atoms with Crippen LogP contribution < -0.4 is 15.4 Å². The predicted molar refractivity (Wildman–Crippen MR) is 100 cm³/mol. The van der Waals surface area contributed by atoms with Gasteiger partial charge in [-0.1, -0.05) is 0 Å². The Morgan fingerprint density at radius 1 is 1.33 bits per heavy atom. The van der Waals surface area contributed by atoms with Gasteiger partial charge in [-0.05, 0) is 57.0 Å². The number of anilines is 2. The molecule has 1 saturated heterocycles. The molecule has 2 aromatic rings. The highest BCUT2D eigenvalue weighted by atomic mass is 16.5. The third-order valence-electron chi connectivity index (χ3n) is 4.79.